The molecule has 0 aromatic carbocycles. The van der Waals surface area contributed by atoms with Gasteiger partial charge in [0, 0.05) is 31.6 Å². The highest BCUT2D eigenvalue weighted by atomic mass is 19.1. The predicted octanol–water partition coefficient (Wildman–Crippen LogP) is 2.41. The molecule has 3 aromatic rings. The number of H-pyrrole nitrogens is 1. The molecule has 5 rings (SSSR count). The maximum Gasteiger partial charge on any atom is 0.257 e. The summed E-state index contributed by atoms with van der Waals surface area (Å²) in [6.45, 7) is 0. The summed E-state index contributed by atoms with van der Waals surface area (Å²) in [6.07, 6.45) is 6.05. The lowest BCUT2D eigenvalue weighted by atomic mass is 9.83. The zero-order valence-corrected chi connectivity index (χ0v) is 16.1. The molecule has 0 unspecified atom stereocenters. The molecule has 150 valence electrons. The van der Waals surface area contributed by atoms with Gasteiger partial charge in [0.2, 0.25) is 0 Å². The highest BCUT2D eigenvalue weighted by Gasteiger charge is 2.44. The fourth-order valence-corrected chi connectivity index (χ4v) is 4.90. The van der Waals surface area contributed by atoms with Crippen LogP contribution in [0.4, 0.5) is 10.2 Å². The maximum atomic E-state index is 14.9. The summed E-state index contributed by atoms with van der Waals surface area (Å²) in [6, 6.07) is 6.02. The standard InChI is InChI=1S/C21H22FN5O2/c1-26(16-9-12-2-3-13(8-12)21(16)22)18-5-4-15(24-25-18)14-11-27-19(10-17(14)28)23-7-6-20(27)29/h4-7,10-13,16,21,23H,2-3,8-9H2,1H3/t12-,13+,16+,21-/m0/s1. The molecule has 8 heteroatoms. The quantitative estimate of drug-likeness (QED) is 0.736. The summed E-state index contributed by atoms with van der Waals surface area (Å²) in [4.78, 5) is 29.3. The highest BCUT2D eigenvalue weighted by Crippen LogP contribution is 2.45. The molecule has 0 spiro atoms. The molecule has 3 heterocycles. The lowest BCUT2D eigenvalue weighted by molar-refractivity contribution is 0.144. The van der Waals surface area contributed by atoms with Crippen LogP contribution in [-0.4, -0.2) is 38.8 Å². The zero-order valence-electron chi connectivity index (χ0n) is 16.1. The number of fused-ring (bicyclic) bond motifs is 3. The van der Waals surface area contributed by atoms with Gasteiger partial charge < -0.3 is 9.88 Å². The average Bonchev–Trinajstić information content (AvgIpc) is 3.14. The topological polar surface area (TPSA) is 83.4 Å². The molecule has 7 nitrogen and oxygen atoms in total. The van der Waals surface area contributed by atoms with E-state index in [0.717, 1.165) is 25.7 Å². The minimum absolute atomic E-state index is 0.157. The van der Waals surface area contributed by atoms with Crippen molar-refractivity contribution in [2.75, 3.05) is 11.9 Å². The van der Waals surface area contributed by atoms with Crippen molar-refractivity contribution in [3.8, 4) is 11.3 Å². The van der Waals surface area contributed by atoms with Crippen molar-refractivity contribution in [3.63, 3.8) is 0 Å². The number of anilines is 1. The van der Waals surface area contributed by atoms with Crippen molar-refractivity contribution in [3.05, 3.63) is 57.2 Å². The third-order valence-electron chi connectivity index (χ3n) is 6.51. The van der Waals surface area contributed by atoms with Crippen LogP contribution in [0.3, 0.4) is 0 Å². The van der Waals surface area contributed by atoms with Crippen LogP contribution in [0.15, 0.2) is 46.2 Å². The minimum atomic E-state index is -0.850. The highest BCUT2D eigenvalue weighted by molar-refractivity contribution is 5.61. The summed E-state index contributed by atoms with van der Waals surface area (Å²) >= 11 is 0. The van der Waals surface area contributed by atoms with Crippen LogP contribution in [0.1, 0.15) is 25.7 Å². The number of aromatic nitrogens is 4. The fourth-order valence-electron chi connectivity index (χ4n) is 4.90. The number of nitrogens with zero attached hydrogens (tertiary/aromatic N) is 4. The monoisotopic (exact) mass is 395 g/mol. The van der Waals surface area contributed by atoms with Crippen molar-refractivity contribution >= 4 is 11.5 Å². The van der Waals surface area contributed by atoms with E-state index in [9.17, 15) is 14.0 Å². The Morgan fingerprint density at radius 3 is 2.83 bits per heavy atom. The Morgan fingerprint density at radius 1 is 1.17 bits per heavy atom. The molecule has 0 aliphatic heterocycles. The molecular formula is C21H22FN5O2. The Bertz CT molecular complexity index is 1170. The van der Waals surface area contributed by atoms with Crippen LogP contribution in [0.25, 0.3) is 16.9 Å². The van der Waals surface area contributed by atoms with Crippen molar-refractivity contribution < 1.29 is 4.39 Å². The summed E-state index contributed by atoms with van der Waals surface area (Å²) in [5, 5.41) is 8.46. The lowest BCUT2D eigenvalue weighted by Crippen LogP contribution is -2.46. The van der Waals surface area contributed by atoms with Gasteiger partial charge in [0.25, 0.3) is 5.56 Å². The third-order valence-corrected chi connectivity index (χ3v) is 6.51. The van der Waals surface area contributed by atoms with Gasteiger partial charge in [-0.3, -0.25) is 14.0 Å². The van der Waals surface area contributed by atoms with E-state index in [1.807, 2.05) is 11.9 Å². The summed E-state index contributed by atoms with van der Waals surface area (Å²) in [5.41, 5.74) is 0.585. The first kappa shape index (κ1) is 18.0. The predicted molar refractivity (Wildman–Crippen MR) is 108 cm³/mol. The number of alkyl halides is 1. The number of hydrogen-bond donors (Lipinski definition) is 1. The number of halogens is 1. The normalized spacial score (nSPS) is 26.0. The van der Waals surface area contributed by atoms with Gasteiger partial charge in [-0.1, -0.05) is 0 Å². The number of hydrogen-bond acceptors (Lipinski definition) is 5. The largest absolute Gasteiger partial charge is 0.352 e. The first-order chi connectivity index (χ1) is 14.0. The molecule has 3 aromatic heterocycles. The molecule has 1 N–H and O–H groups in total. The molecule has 0 radical (unpaired) electrons. The van der Waals surface area contributed by atoms with Gasteiger partial charge in [-0.15, -0.1) is 10.2 Å². The van der Waals surface area contributed by atoms with Gasteiger partial charge in [-0.25, -0.2) is 4.39 Å². The van der Waals surface area contributed by atoms with Gasteiger partial charge >= 0.3 is 0 Å². The summed E-state index contributed by atoms with van der Waals surface area (Å²) in [7, 11) is 1.86. The molecule has 0 amide bonds. The van der Waals surface area contributed by atoms with E-state index in [1.54, 1.807) is 12.1 Å². The molecule has 2 fully saturated rings. The smallest absolute Gasteiger partial charge is 0.257 e. The maximum absolute atomic E-state index is 14.9. The van der Waals surface area contributed by atoms with E-state index in [0.29, 0.717) is 28.6 Å². The van der Waals surface area contributed by atoms with Gasteiger partial charge in [0.15, 0.2) is 11.2 Å². The Kier molecular flexibility index (Phi) is 4.22. The number of aromatic amines is 1. The Morgan fingerprint density at radius 2 is 2.03 bits per heavy atom. The molecular weight excluding hydrogens is 373 g/mol. The SMILES string of the molecule is CN(c1ccc(-c2cn3c(=O)cc[nH]c3cc2=O)nn1)[C@@H]1C[C@H]2CC[C@H](C2)[C@@H]1F. The zero-order chi connectivity index (χ0) is 20.1. The van der Waals surface area contributed by atoms with Gasteiger partial charge in [-0.05, 0) is 49.7 Å². The third kappa shape index (κ3) is 3.03. The van der Waals surface area contributed by atoms with Gasteiger partial charge in [-0.2, -0.15) is 0 Å². The van der Waals surface area contributed by atoms with Crippen LogP contribution in [0, 0.1) is 11.8 Å². The van der Waals surface area contributed by atoms with Crippen molar-refractivity contribution in [2.45, 2.75) is 37.9 Å². The van der Waals surface area contributed by atoms with Gasteiger partial charge in [0.05, 0.1) is 17.3 Å². The van der Waals surface area contributed by atoms with E-state index in [-0.39, 0.29) is 22.9 Å². The molecule has 2 aliphatic rings. The number of pyridine rings is 1. The van der Waals surface area contributed by atoms with Crippen LogP contribution in [-0.2, 0) is 0 Å². The Balaban J connectivity index is 1.45. The molecule has 4 atom stereocenters. The fraction of sp³-hybridized carbons (Fsp3) is 0.429. The van der Waals surface area contributed by atoms with E-state index >= 15 is 0 Å². The number of nitrogens with one attached hydrogen (secondary N) is 1. The van der Waals surface area contributed by atoms with E-state index in [2.05, 4.69) is 15.2 Å². The first-order valence-corrected chi connectivity index (χ1v) is 9.96. The molecule has 2 saturated carbocycles. The van der Waals surface area contributed by atoms with Crippen LogP contribution < -0.4 is 15.9 Å². The number of rotatable bonds is 3. The first-order valence-electron chi connectivity index (χ1n) is 9.96. The molecule has 2 bridgehead atoms. The van der Waals surface area contributed by atoms with Crippen LogP contribution >= 0.6 is 0 Å². The van der Waals surface area contributed by atoms with Crippen molar-refractivity contribution in [1.29, 1.82) is 0 Å². The second-order valence-electron chi connectivity index (χ2n) is 8.20. The lowest BCUT2D eigenvalue weighted by Gasteiger charge is -2.38. The van der Waals surface area contributed by atoms with Crippen LogP contribution in [0.2, 0.25) is 0 Å². The van der Waals surface area contributed by atoms with Gasteiger partial charge in [0.1, 0.15) is 11.8 Å². The van der Waals surface area contributed by atoms with E-state index in [4.69, 9.17) is 0 Å². The second kappa shape index (κ2) is 6.79. The van der Waals surface area contributed by atoms with Crippen molar-refractivity contribution in [1.82, 2.24) is 19.6 Å². The molecule has 2 aliphatic carbocycles. The Hall–Kier alpha value is -3.03. The van der Waals surface area contributed by atoms with E-state index in [1.165, 1.54) is 28.9 Å². The average molecular weight is 395 g/mol. The minimum Gasteiger partial charge on any atom is -0.352 e. The van der Waals surface area contributed by atoms with Crippen molar-refractivity contribution in [2.24, 2.45) is 11.8 Å². The molecule has 29 heavy (non-hydrogen) atoms. The summed E-state index contributed by atoms with van der Waals surface area (Å²) in [5.74, 6) is 1.34. The van der Waals surface area contributed by atoms with Crippen LogP contribution in [0.5, 0.6) is 0 Å². The second-order valence-corrected chi connectivity index (χ2v) is 8.20. The Labute approximate surface area is 166 Å². The molecule has 0 saturated heterocycles. The summed E-state index contributed by atoms with van der Waals surface area (Å²) < 4.78 is 16.3. The van der Waals surface area contributed by atoms with E-state index < -0.39 is 6.17 Å².